The van der Waals surface area contributed by atoms with Gasteiger partial charge in [0.2, 0.25) is 16.9 Å². The fourth-order valence-electron chi connectivity index (χ4n) is 3.81. The average Bonchev–Trinajstić information content (AvgIpc) is 2.93. The van der Waals surface area contributed by atoms with Gasteiger partial charge in [0.05, 0.1) is 24.7 Å². The van der Waals surface area contributed by atoms with Crippen LogP contribution in [0.2, 0.25) is 0 Å². The van der Waals surface area contributed by atoms with Gasteiger partial charge in [0.25, 0.3) is 0 Å². The van der Waals surface area contributed by atoms with Gasteiger partial charge in [0.15, 0.2) is 4.98 Å². The van der Waals surface area contributed by atoms with Crippen LogP contribution in [0.25, 0.3) is 4.98 Å². The zero-order valence-electron chi connectivity index (χ0n) is 24.8. The average molecular weight is 577 g/mol. The van der Waals surface area contributed by atoms with E-state index >= 15 is 0 Å². The highest BCUT2D eigenvalue weighted by atomic mass is 32.2. The second-order valence-corrected chi connectivity index (χ2v) is 11.2. The zero-order chi connectivity index (χ0) is 29.6. The molecule has 40 heavy (non-hydrogen) atoms. The van der Waals surface area contributed by atoms with Crippen LogP contribution in [0.3, 0.4) is 0 Å². The number of aryl methyl sites for hydroxylation is 1. The van der Waals surface area contributed by atoms with E-state index in [9.17, 15) is 18.4 Å². The van der Waals surface area contributed by atoms with Crippen LogP contribution in [0, 0.1) is 12.3 Å². The molecule has 9 heteroatoms. The summed E-state index contributed by atoms with van der Waals surface area (Å²) in [6.45, 7) is 10.3. The third-order valence-electron chi connectivity index (χ3n) is 6.20. The molecule has 224 valence electrons. The first-order valence-electron chi connectivity index (χ1n) is 14.7. The Labute approximate surface area is 241 Å². The molecule has 0 aromatic heterocycles. The highest BCUT2D eigenvalue weighted by molar-refractivity contribution is 7.85. The second-order valence-electron chi connectivity index (χ2n) is 9.86. The number of diazo groups is 1. The second kappa shape index (κ2) is 21.0. The predicted molar refractivity (Wildman–Crippen MR) is 159 cm³/mol. The van der Waals surface area contributed by atoms with Crippen LogP contribution in [-0.2, 0) is 10.1 Å². The smallest absolute Gasteiger partial charge is 0.467 e. The van der Waals surface area contributed by atoms with Gasteiger partial charge in [-0.25, -0.2) is 8.42 Å². The fourth-order valence-corrected chi connectivity index (χ4v) is 4.28. The number of hydrogen-bond donors (Lipinski definition) is 0. The molecule has 0 fully saturated rings. The Kier molecular flexibility index (Phi) is 18.5. The van der Waals surface area contributed by atoms with Crippen molar-refractivity contribution in [2.24, 2.45) is 0 Å². The molecule has 0 unspecified atom stereocenters. The molecule has 0 amide bonds. The van der Waals surface area contributed by atoms with Crippen LogP contribution in [0.4, 0.5) is 5.69 Å². The minimum Gasteiger partial charge on any atom is -0.744 e. The van der Waals surface area contributed by atoms with Crippen molar-refractivity contribution in [1.29, 1.82) is 5.39 Å². The normalized spacial score (nSPS) is 10.8. The maximum absolute atomic E-state index is 10.4. The topological polar surface area (TPSA) is 113 Å². The maximum atomic E-state index is 10.4. The van der Waals surface area contributed by atoms with E-state index in [0.29, 0.717) is 42.8 Å². The van der Waals surface area contributed by atoms with Gasteiger partial charge in [0, 0.05) is 12.1 Å². The molecule has 0 atom stereocenters. The largest absolute Gasteiger partial charge is 0.744 e. The van der Waals surface area contributed by atoms with Gasteiger partial charge in [0.1, 0.15) is 15.9 Å². The van der Waals surface area contributed by atoms with E-state index in [4.69, 9.17) is 14.2 Å². The maximum Gasteiger partial charge on any atom is 0.467 e. The number of rotatable bonds is 19. The minimum absolute atomic E-state index is 0.178. The molecule has 0 aliphatic rings. The van der Waals surface area contributed by atoms with Crippen molar-refractivity contribution < 1.29 is 27.2 Å². The SMILES string of the molecule is CCCCCCOc1cc(OCCCCCC)c([N+]#N)c(OCCCCCC)c1.Cc1ccc(S(=O)(=O)[O-])cc1. The summed E-state index contributed by atoms with van der Waals surface area (Å²) in [5, 5.41) is 9.57. The first-order chi connectivity index (χ1) is 19.3. The van der Waals surface area contributed by atoms with E-state index in [1.807, 2.05) is 19.1 Å². The van der Waals surface area contributed by atoms with E-state index in [2.05, 4.69) is 25.7 Å². The summed E-state index contributed by atoms with van der Waals surface area (Å²) in [6, 6.07) is 9.42. The van der Waals surface area contributed by atoms with Crippen molar-refractivity contribution in [1.82, 2.24) is 0 Å². The van der Waals surface area contributed by atoms with Crippen LogP contribution in [0.1, 0.15) is 103 Å². The number of nitrogens with zero attached hydrogens (tertiary/aromatic N) is 2. The van der Waals surface area contributed by atoms with Gasteiger partial charge >= 0.3 is 5.69 Å². The van der Waals surface area contributed by atoms with Crippen LogP contribution in [0.5, 0.6) is 17.2 Å². The summed E-state index contributed by atoms with van der Waals surface area (Å²) in [7, 11) is -4.27. The monoisotopic (exact) mass is 576 g/mol. The van der Waals surface area contributed by atoms with Crippen LogP contribution in [0.15, 0.2) is 41.3 Å². The molecule has 2 aromatic rings. The van der Waals surface area contributed by atoms with Crippen molar-refractivity contribution in [3.63, 3.8) is 0 Å². The molecule has 8 nitrogen and oxygen atoms in total. The third-order valence-corrected chi connectivity index (χ3v) is 7.05. The Morgan fingerprint density at radius 2 is 1.12 bits per heavy atom. The lowest BCUT2D eigenvalue weighted by Crippen LogP contribution is -2.03. The molecular weight excluding hydrogens is 528 g/mol. The summed E-state index contributed by atoms with van der Waals surface area (Å²) >= 11 is 0. The Morgan fingerprint density at radius 3 is 1.50 bits per heavy atom. The Morgan fingerprint density at radius 1 is 0.700 bits per heavy atom. The van der Waals surface area contributed by atoms with Crippen molar-refractivity contribution in [2.45, 2.75) is 110 Å². The molecule has 0 aliphatic carbocycles. The molecule has 0 saturated carbocycles. The number of benzene rings is 2. The van der Waals surface area contributed by atoms with Crippen LogP contribution >= 0.6 is 0 Å². The first kappa shape index (κ1) is 35.2. The molecule has 0 N–H and O–H groups in total. The van der Waals surface area contributed by atoms with Crippen molar-refractivity contribution >= 4 is 15.8 Å². The van der Waals surface area contributed by atoms with E-state index in [1.165, 1.54) is 57.1 Å². The number of ether oxygens (including phenoxy) is 3. The van der Waals surface area contributed by atoms with Gasteiger partial charge in [-0.05, 0) is 38.3 Å². The molecule has 0 spiro atoms. The lowest BCUT2D eigenvalue weighted by molar-refractivity contribution is 0.279. The molecule has 0 radical (unpaired) electrons. The van der Waals surface area contributed by atoms with Crippen molar-refractivity contribution in [3.05, 3.63) is 46.9 Å². The quantitative estimate of drug-likeness (QED) is 0.0931. The summed E-state index contributed by atoms with van der Waals surface area (Å²) in [5.41, 5.74) is 1.28. The zero-order valence-corrected chi connectivity index (χ0v) is 25.6. The lowest BCUT2D eigenvalue weighted by atomic mass is 10.2. The molecule has 2 rings (SSSR count). The van der Waals surface area contributed by atoms with Crippen molar-refractivity contribution in [3.8, 4) is 17.2 Å². The lowest BCUT2D eigenvalue weighted by Gasteiger charge is -2.11. The van der Waals surface area contributed by atoms with Crippen molar-refractivity contribution in [2.75, 3.05) is 19.8 Å². The van der Waals surface area contributed by atoms with Gasteiger partial charge in [-0.1, -0.05) is 96.3 Å². The van der Waals surface area contributed by atoms with E-state index in [0.717, 1.165) is 37.7 Å². The number of hydrogen-bond acceptors (Lipinski definition) is 7. The summed E-state index contributed by atoms with van der Waals surface area (Å²) in [6.07, 6.45) is 13.6. The Bertz CT molecular complexity index is 1060. The first-order valence-corrected chi connectivity index (χ1v) is 16.1. The molecule has 0 saturated heterocycles. The highest BCUT2D eigenvalue weighted by Crippen LogP contribution is 2.42. The molecule has 0 heterocycles. The van der Waals surface area contributed by atoms with Crippen LogP contribution < -0.4 is 14.2 Å². The van der Waals surface area contributed by atoms with E-state index < -0.39 is 10.1 Å². The highest BCUT2D eigenvalue weighted by Gasteiger charge is 2.25. The Hall–Kier alpha value is -2.83. The summed E-state index contributed by atoms with van der Waals surface area (Å²) < 4.78 is 49.0. The van der Waals surface area contributed by atoms with E-state index in [1.54, 1.807) is 12.1 Å². The van der Waals surface area contributed by atoms with Gasteiger partial charge in [-0.3, -0.25) is 0 Å². The standard InChI is InChI=1S/C24H41N2O3.C7H8O3S/c1-4-7-10-13-16-27-21-19-22(28-17-14-11-8-5-2)24(26-25)23(20-21)29-18-15-12-9-6-3;1-6-2-4-7(5-3-6)11(8,9)10/h19-20H,4-18H2,1-3H3;2-5H,1H3,(H,8,9,10)/q+1;/p-1. The predicted octanol–water partition coefficient (Wildman–Crippen LogP) is 8.95. The van der Waals surface area contributed by atoms with Gasteiger partial charge < -0.3 is 18.8 Å². The fraction of sp³-hybridized carbons (Fsp3) is 0.613. The summed E-state index contributed by atoms with van der Waals surface area (Å²) in [5.74, 6) is 1.76. The Balaban J connectivity index is 0.000000603. The molecule has 2 aromatic carbocycles. The number of unbranched alkanes of at least 4 members (excludes halogenated alkanes) is 9. The van der Waals surface area contributed by atoms with Crippen LogP contribution in [-0.4, -0.2) is 32.8 Å². The summed E-state index contributed by atoms with van der Waals surface area (Å²) in [4.78, 5) is 3.28. The van der Waals surface area contributed by atoms with E-state index in [-0.39, 0.29) is 4.90 Å². The molecule has 0 aliphatic heterocycles. The minimum atomic E-state index is -4.27. The molecule has 0 bridgehead atoms. The molecular formula is C31H48N2O6S. The van der Waals surface area contributed by atoms with Gasteiger partial charge in [-0.2, -0.15) is 0 Å². The van der Waals surface area contributed by atoms with Gasteiger partial charge in [-0.15, -0.1) is 0 Å². The third kappa shape index (κ3) is 15.1.